The van der Waals surface area contributed by atoms with E-state index < -0.39 is 17.9 Å². The smallest absolute Gasteiger partial charge is 0.338 e. The predicted octanol–water partition coefficient (Wildman–Crippen LogP) is 0.930. The van der Waals surface area contributed by atoms with Crippen LogP contribution in [-0.2, 0) is 9.53 Å². The number of hydrazine groups is 1. The Morgan fingerprint density at radius 3 is 2.43 bits per heavy atom. The van der Waals surface area contributed by atoms with E-state index in [1.54, 1.807) is 13.0 Å². The molecule has 1 rings (SSSR count). The summed E-state index contributed by atoms with van der Waals surface area (Å²) in [5.41, 5.74) is 4.93. The minimum absolute atomic E-state index is 0.281. The average Bonchev–Trinajstić information content (AvgIpc) is 2.46. The van der Waals surface area contributed by atoms with Crippen molar-refractivity contribution in [3.8, 4) is 6.07 Å². The van der Waals surface area contributed by atoms with Gasteiger partial charge in [0.2, 0.25) is 0 Å². The monoisotopic (exact) mass is 290 g/mol. The molecule has 0 fully saturated rings. The van der Waals surface area contributed by atoms with Crippen LogP contribution in [0.15, 0.2) is 24.3 Å². The van der Waals surface area contributed by atoms with Gasteiger partial charge in [0.15, 0.2) is 0 Å². The van der Waals surface area contributed by atoms with Crippen LogP contribution in [0.4, 0.5) is 10.5 Å². The molecule has 8 heteroatoms. The quantitative estimate of drug-likeness (QED) is 0.562. The lowest BCUT2D eigenvalue weighted by Gasteiger charge is -2.08. The molecule has 0 unspecified atom stereocenters. The molecule has 21 heavy (non-hydrogen) atoms. The van der Waals surface area contributed by atoms with Crippen molar-refractivity contribution in [1.29, 1.82) is 5.26 Å². The number of amides is 3. The molecule has 0 radical (unpaired) electrons. The van der Waals surface area contributed by atoms with Crippen LogP contribution in [0, 0.1) is 11.3 Å². The third kappa shape index (κ3) is 5.61. The molecule has 110 valence electrons. The first kappa shape index (κ1) is 16.0. The highest BCUT2D eigenvalue weighted by Gasteiger charge is 2.07. The van der Waals surface area contributed by atoms with Gasteiger partial charge in [0.1, 0.15) is 6.42 Å². The molecule has 0 bridgehead atoms. The fraction of sp³-hybridized carbons (Fsp3) is 0.231. The summed E-state index contributed by atoms with van der Waals surface area (Å²) in [6, 6.07) is 7.00. The second-order valence-electron chi connectivity index (χ2n) is 3.76. The Hall–Kier alpha value is -3.08. The summed E-state index contributed by atoms with van der Waals surface area (Å²) in [6.07, 6.45) is -0.353. The molecule has 0 aliphatic carbocycles. The molecule has 0 spiro atoms. The Morgan fingerprint density at radius 1 is 1.19 bits per heavy atom. The molecule has 1 aromatic carbocycles. The topological polar surface area (TPSA) is 120 Å². The van der Waals surface area contributed by atoms with Crippen LogP contribution in [0.3, 0.4) is 0 Å². The maximum absolute atomic E-state index is 11.4. The van der Waals surface area contributed by atoms with Gasteiger partial charge in [-0.25, -0.2) is 15.0 Å². The van der Waals surface area contributed by atoms with Gasteiger partial charge in [-0.15, -0.1) is 0 Å². The third-order valence-corrected chi connectivity index (χ3v) is 2.21. The van der Waals surface area contributed by atoms with Gasteiger partial charge in [0, 0.05) is 5.69 Å². The summed E-state index contributed by atoms with van der Waals surface area (Å²) >= 11 is 0. The second-order valence-corrected chi connectivity index (χ2v) is 3.76. The summed E-state index contributed by atoms with van der Waals surface area (Å²) in [7, 11) is 0. The van der Waals surface area contributed by atoms with Crippen LogP contribution in [-0.4, -0.2) is 24.5 Å². The Balaban J connectivity index is 2.48. The number of carbonyl (C=O) groups is 3. The number of hydrogen-bond donors (Lipinski definition) is 3. The van der Waals surface area contributed by atoms with Gasteiger partial charge < -0.3 is 10.1 Å². The Kier molecular flexibility index (Phi) is 6.21. The predicted molar refractivity (Wildman–Crippen MR) is 72.9 cm³/mol. The first-order chi connectivity index (χ1) is 10.1. The van der Waals surface area contributed by atoms with Crippen LogP contribution in [0.2, 0.25) is 0 Å². The van der Waals surface area contributed by atoms with Crippen molar-refractivity contribution in [2.45, 2.75) is 13.3 Å². The first-order valence-electron chi connectivity index (χ1n) is 6.06. The molecule has 0 atom stereocenters. The lowest BCUT2D eigenvalue weighted by Crippen LogP contribution is -2.43. The Morgan fingerprint density at radius 2 is 1.86 bits per heavy atom. The van der Waals surface area contributed by atoms with Gasteiger partial charge in [0.05, 0.1) is 18.2 Å². The molecule has 3 amide bonds. The first-order valence-corrected chi connectivity index (χ1v) is 6.06. The second kappa shape index (κ2) is 8.16. The third-order valence-electron chi connectivity index (χ3n) is 2.21. The fourth-order valence-corrected chi connectivity index (χ4v) is 1.31. The number of benzene rings is 1. The molecule has 0 saturated carbocycles. The summed E-state index contributed by atoms with van der Waals surface area (Å²) < 4.78 is 4.82. The van der Waals surface area contributed by atoms with Crippen LogP contribution < -0.4 is 16.2 Å². The number of nitrogens with zero attached hydrogens (tertiary/aromatic N) is 1. The number of rotatable bonds is 4. The standard InChI is InChI=1S/C13H14N4O4/c1-2-21-12(19)9-3-5-10(6-4-9)15-13(20)17-16-11(18)7-8-14/h3-6H,2,7H2,1H3,(H,16,18)(H2,15,17,20). The van der Waals surface area contributed by atoms with E-state index in [4.69, 9.17) is 10.00 Å². The molecule has 0 saturated heterocycles. The van der Waals surface area contributed by atoms with Crippen molar-refractivity contribution in [3.05, 3.63) is 29.8 Å². The highest BCUT2D eigenvalue weighted by Crippen LogP contribution is 2.10. The van der Waals surface area contributed by atoms with E-state index in [9.17, 15) is 14.4 Å². The van der Waals surface area contributed by atoms with Crippen molar-refractivity contribution >= 4 is 23.6 Å². The van der Waals surface area contributed by atoms with E-state index in [1.807, 2.05) is 0 Å². The maximum atomic E-state index is 11.4. The summed E-state index contributed by atoms with van der Waals surface area (Å²) in [5.74, 6) is -1.07. The maximum Gasteiger partial charge on any atom is 0.338 e. The summed E-state index contributed by atoms with van der Waals surface area (Å²) in [5, 5.41) is 10.7. The van der Waals surface area contributed by atoms with Gasteiger partial charge in [-0.2, -0.15) is 5.26 Å². The van der Waals surface area contributed by atoms with Gasteiger partial charge in [-0.1, -0.05) is 0 Å². The molecule has 3 N–H and O–H groups in total. The van der Waals surface area contributed by atoms with E-state index >= 15 is 0 Å². The fourth-order valence-electron chi connectivity index (χ4n) is 1.31. The Labute approximate surface area is 121 Å². The average molecular weight is 290 g/mol. The minimum Gasteiger partial charge on any atom is -0.462 e. The highest BCUT2D eigenvalue weighted by molar-refractivity contribution is 5.93. The van der Waals surface area contributed by atoms with E-state index in [1.165, 1.54) is 24.3 Å². The normalized spacial score (nSPS) is 9.14. The van der Waals surface area contributed by atoms with Gasteiger partial charge in [-0.05, 0) is 31.2 Å². The van der Waals surface area contributed by atoms with Crippen LogP contribution in [0.5, 0.6) is 0 Å². The largest absolute Gasteiger partial charge is 0.462 e. The van der Waals surface area contributed by atoms with Crippen LogP contribution in [0.1, 0.15) is 23.7 Å². The number of nitriles is 1. The van der Waals surface area contributed by atoms with Crippen molar-refractivity contribution < 1.29 is 19.1 Å². The lowest BCUT2D eigenvalue weighted by molar-refractivity contribution is -0.120. The number of hydrogen-bond acceptors (Lipinski definition) is 5. The molecule has 0 heterocycles. The lowest BCUT2D eigenvalue weighted by atomic mass is 10.2. The summed E-state index contributed by atoms with van der Waals surface area (Å²) in [6.45, 7) is 1.99. The number of nitrogens with one attached hydrogen (secondary N) is 3. The van der Waals surface area contributed by atoms with E-state index in [-0.39, 0.29) is 13.0 Å². The molecule has 0 aliphatic rings. The highest BCUT2D eigenvalue weighted by atomic mass is 16.5. The summed E-state index contributed by atoms with van der Waals surface area (Å²) in [4.78, 5) is 33.8. The Bertz CT molecular complexity index is 563. The number of urea groups is 1. The zero-order chi connectivity index (χ0) is 15.7. The van der Waals surface area contributed by atoms with Crippen molar-refractivity contribution in [2.24, 2.45) is 0 Å². The number of esters is 1. The van der Waals surface area contributed by atoms with Gasteiger partial charge >= 0.3 is 12.0 Å². The van der Waals surface area contributed by atoms with Gasteiger partial charge in [0.25, 0.3) is 5.91 Å². The molecule has 0 aliphatic heterocycles. The number of carbonyl (C=O) groups excluding carboxylic acids is 3. The number of ether oxygens (including phenoxy) is 1. The van der Waals surface area contributed by atoms with Gasteiger partial charge in [-0.3, -0.25) is 10.2 Å². The number of anilines is 1. The van der Waals surface area contributed by atoms with Crippen molar-refractivity contribution in [3.63, 3.8) is 0 Å². The zero-order valence-corrected chi connectivity index (χ0v) is 11.3. The van der Waals surface area contributed by atoms with E-state index in [0.717, 1.165) is 0 Å². The van der Waals surface area contributed by atoms with E-state index in [2.05, 4.69) is 16.2 Å². The zero-order valence-electron chi connectivity index (χ0n) is 11.3. The molecule has 0 aromatic heterocycles. The molecule has 1 aromatic rings. The molecular formula is C13H14N4O4. The van der Waals surface area contributed by atoms with Crippen molar-refractivity contribution in [2.75, 3.05) is 11.9 Å². The minimum atomic E-state index is -0.676. The SMILES string of the molecule is CCOC(=O)c1ccc(NC(=O)NNC(=O)CC#N)cc1. The van der Waals surface area contributed by atoms with E-state index in [0.29, 0.717) is 11.3 Å². The molecular weight excluding hydrogens is 276 g/mol. The van der Waals surface area contributed by atoms with Crippen LogP contribution >= 0.6 is 0 Å². The van der Waals surface area contributed by atoms with Crippen LogP contribution in [0.25, 0.3) is 0 Å². The van der Waals surface area contributed by atoms with Crippen molar-refractivity contribution in [1.82, 2.24) is 10.9 Å². The molecule has 8 nitrogen and oxygen atoms in total.